The third-order valence-electron chi connectivity index (χ3n) is 6.60. The standard InChI is InChI=1S/C28H37N3O2S/c1-19(2)18-21-14-16-22(17-15-21)20(3)26(32)30-28(34)29-25-13-9-8-12-24(25)27(33)31(4)23-10-6-5-7-11-23/h8-9,12-17,19-20,23H,5-7,10-11,18H2,1-4H3,(H2,29,30,32,34). The predicted molar refractivity (Wildman–Crippen MR) is 143 cm³/mol. The smallest absolute Gasteiger partial charge is 0.255 e. The first-order chi connectivity index (χ1) is 16.3. The first kappa shape index (κ1) is 25.9. The van der Waals surface area contributed by atoms with Gasteiger partial charge in [0.15, 0.2) is 5.11 Å². The molecule has 2 aromatic carbocycles. The van der Waals surface area contributed by atoms with Crippen molar-refractivity contribution in [3.05, 3.63) is 65.2 Å². The van der Waals surface area contributed by atoms with E-state index in [1.807, 2.05) is 49.2 Å². The molecule has 0 radical (unpaired) electrons. The molecule has 1 unspecified atom stereocenters. The van der Waals surface area contributed by atoms with Crippen molar-refractivity contribution in [1.29, 1.82) is 0 Å². The van der Waals surface area contributed by atoms with E-state index in [2.05, 4.69) is 36.6 Å². The molecule has 182 valence electrons. The molecule has 1 atom stereocenters. The molecule has 1 aliphatic carbocycles. The fourth-order valence-corrected chi connectivity index (χ4v) is 4.75. The molecule has 2 N–H and O–H groups in total. The van der Waals surface area contributed by atoms with Crippen molar-refractivity contribution in [3.8, 4) is 0 Å². The van der Waals surface area contributed by atoms with Gasteiger partial charge in [-0.1, -0.05) is 69.5 Å². The average Bonchev–Trinajstić information content (AvgIpc) is 2.83. The van der Waals surface area contributed by atoms with E-state index in [4.69, 9.17) is 12.2 Å². The molecule has 2 amide bonds. The Morgan fingerprint density at radius 3 is 2.29 bits per heavy atom. The highest BCUT2D eigenvalue weighted by atomic mass is 32.1. The number of thiocarbonyl (C=S) groups is 1. The molecule has 34 heavy (non-hydrogen) atoms. The van der Waals surface area contributed by atoms with Gasteiger partial charge in [-0.05, 0) is 67.6 Å². The van der Waals surface area contributed by atoms with Gasteiger partial charge >= 0.3 is 0 Å². The van der Waals surface area contributed by atoms with Crippen LogP contribution in [-0.2, 0) is 11.2 Å². The minimum atomic E-state index is -0.345. The second kappa shape index (κ2) is 12.1. The maximum absolute atomic E-state index is 13.2. The van der Waals surface area contributed by atoms with E-state index in [-0.39, 0.29) is 28.9 Å². The summed E-state index contributed by atoms with van der Waals surface area (Å²) in [6.07, 6.45) is 6.67. The van der Waals surface area contributed by atoms with Gasteiger partial charge in [0.1, 0.15) is 0 Å². The molecule has 1 saturated carbocycles. The van der Waals surface area contributed by atoms with E-state index < -0.39 is 0 Å². The predicted octanol–water partition coefficient (Wildman–Crippen LogP) is 5.91. The van der Waals surface area contributed by atoms with Crippen LogP contribution in [-0.4, -0.2) is 34.9 Å². The van der Waals surface area contributed by atoms with Crippen LogP contribution in [0.4, 0.5) is 5.69 Å². The summed E-state index contributed by atoms with van der Waals surface area (Å²) in [6, 6.07) is 15.8. The molecule has 0 bridgehead atoms. The molecule has 2 aromatic rings. The van der Waals surface area contributed by atoms with Crippen LogP contribution in [0, 0.1) is 5.92 Å². The SMILES string of the molecule is CC(C)Cc1ccc(C(C)C(=O)NC(=S)Nc2ccccc2C(=O)N(C)C2CCCCC2)cc1. The number of hydrogen-bond donors (Lipinski definition) is 2. The highest BCUT2D eigenvalue weighted by Gasteiger charge is 2.25. The Kier molecular flexibility index (Phi) is 9.22. The maximum Gasteiger partial charge on any atom is 0.255 e. The Morgan fingerprint density at radius 2 is 1.65 bits per heavy atom. The molecule has 5 nitrogen and oxygen atoms in total. The van der Waals surface area contributed by atoms with Gasteiger partial charge in [-0.25, -0.2) is 0 Å². The lowest BCUT2D eigenvalue weighted by Crippen LogP contribution is -2.39. The number of carbonyl (C=O) groups excluding carboxylic acids is 2. The number of rotatable bonds is 7. The van der Waals surface area contributed by atoms with Crippen LogP contribution in [0.15, 0.2) is 48.5 Å². The zero-order chi connectivity index (χ0) is 24.7. The number of anilines is 1. The zero-order valence-corrected chi connectivity index (χ0v) is 21.6. The molecule has 0 saturated heterocycles. The summed E-state index contributed by atoms with van der Waals surface area (Å²) in [5, 5.41) is 6.05. The Hall–Kier alpha value is -2.73. The number of benzene rings is 2. The van der Waals surface area contributed by atoms with Crippen molar-refractivity contribution in [1.82, 2.24) is 10.2 Å². The van der Waals surface area contributed by atoms with E-state index in [1.165, 1.54) is 12.0 Å². The van der Waals surface area contributed by atoms with Crippen LogP contribution in [0.3, 0.4) is 0 Å². The van der Waals surface area contributed by atoms with Crippen LogP contribution in [0.5, 0.6) is 0 Å². The quantitative estimate of drug-likeness (QED) is 0.485. The van der Waals surface area contributed by atoms with Crippen LogP contribution >= 0.6 is 12.2 Å². The third kappa shape index (κ3) is 6.89. The third-order valence-corrected chi connectivity index (χ3v) is 6.81. The molecule has 0 spiro atoms. The average molecular weight is 480 g/mol. The molecule has 0 aromatic heterocycles. The minimum Gasteiger partial charge on any atom is -0.339 e. The van der Waals surface area contributed by atoms with Gasteiger partial charge in [0.25, 0.3) is 5.91 Å². The number of para-hydroxylation sites is 1. The Balaban J connectivity index is 1.62. The number of hydrogen-bond acceptors (Lipinski definition) is 3. The number of carbonyl (C=O) groups is 2. The molecule has 1 fully saturated rings. The van der Waals surface area contributed by atoms with Crippen molar-refractivity contribution in [2.45, 2.75) is 71.3 Å². The minimum absolute atomic E-state index is 0.0287. The van der Waals surface area contributed by atoms with Crippen molar-refractivity contribution >= 4 is 34.8 Å². The number of nitrogens with one attached hydrogen (secondary N) is 2. The Labute approximate surface area is 209 Å². The molecular weight excluding hydrogens is 442 g/mol. The monoisotopic (exact) mass is 479 g/mol. The lowest BCUT2D eigenvalue weighted by Gasteiger charge is -2.31. The summed E-state index contributed by atoms with van der Waals surface area (Å²) in [6.45, 7) is 6.25. The lowest BCUT2D eigenvalue weighted by atomic mass is 9.94. The molecular formula is C28H37N3O2S. The topological polar surface area (TPSA) is 61.4 Å². The first-order valence-corrected chi connectivity index (χ1v) is 12.7. The van der Waals surface area contributed by atoms with Crippen molar-refractivity contribution in [2.24, 2.45) is 5.92 Å². The molecule has 1 aliphatic rings. The van der Waals surface area contributed by atoms with E-state index >= 15 is 0 Å². The summed E-state index contributed by atoms with van der Waals surface area (Å²) in [5.41, 5.74) is 3.37. The maximum atomic E-state index is 13.2. The summed E-state index contributed by atoms with van der Waals surface area (Å²) in [7, 11) is 1.88. The fraction of sp³-hybridized carbons (Fsp3) is 0.464. The van der Waals surface area contributed by atoms with Crippen molar-refractivity contribution in [3.63, 3.8) is 0 Å². The molecule has 3 rings (SSSR count). The van der Waals surface area contributed by atoms with E-state index in [9.17, 15) is 9.59 Å². The molecule has 6 heteroatoms. The van der Waals surface area contributed by atoms with Crippen molar-refractivity contribution < 1.29 is 9.59 Å². The number of amides is 2. The second-order valence-corrected chi connectivity index (χ2v) is 10.2. The van der Waals surface area contributed by atoms with Gasteiger partial charge in [-0.15, -0.1) is 0 Å². The normalized spacial score (nSPS) is 15.0. The molecule has 0 heterocycles. The largest absolute Gasteiger partial charge is 0.339 e. The van der Waals surface area contributed by atoms with Gasteiger partial charge in [-0.3, -0.25) is 9.59 Å². The summed E-state index contributed by atoms with van der Waals surface area (Å²) >= 11 is 5.42. The highest BCUT2D eigenvalue weighted by molar-refractivity contribution is 7.80. The van der Waals surface area contributed by atoms with E-state index in [0.29, 0.717) is 17.2 Å². The van der Waals surface area contributed by atoms with Gasteiger partial charge < -0.3 is 15.5 Å². The van der Waals surface area contributed by atoms with Gasteiger partial charge in [0, 0.05) is 13.1 Å². The first-order valence-electron chi connectivity index (χ1n) is 12.3. The number of nitrogens with zero attached hydrogens (tertiary/aromatic N) is 1. The summed E-state index contributed by atoms with van der Waals surface area (Å²) in [4.78, 5) is 27.9. The highest BCUT2D eigenvalue weighted by Crippen LogP contribution is 2.25. The van der Waals surface area contributed by atoms with Gasteiger partial charge in [0.2, 0.25) is 5.91 Å². The van der Waals surface area contributed by atoms with Crippen molar-refractivity contribution in [2.75, 3.05) is 12.4 Å². The summed E-state index contributed by atoms with van der Waals surface area (Å²) in [5.74, 6) is 0.0330. The lowest BCUT2D eigenvalue weighted by molar-refractivity contribution is -0.120. The van der Waals surface area contributed by atoms with Crippen LogP contribution in [0.1, 0.15) is 80.3 Å². The second-order valence-electron chi connectivity index (χ2n) is 9.76. The van der Waals surface area contributed by atoms with Crippen LogP contribution in [0.2, 0.25) is 0 Å². The summed E-state index contributed by atoms with van der Waals surface area (Å²) < 4.78 is 0. The van der Waals surface area contributed by atoms with Crippen LogP contribution in [0.25, 0.3) is 0 Å². The van der Waals surface area contributed by atoms with Crippen LogP contribution < -0.4 is 10.6 Å². The zero-order valence-electron chi connectivity index (χ0n) is 20.8. The van der Waals surface area contributed by atoms with E-state index in [0.717, 1.165) is 37.7 Å². The Bertz CT molecular complexity index is 997. The van der Waals surface area contributed by atoms with Gasteiger partial charge in [0.05, 0.1) is 17.2 Å². The van der Waals surface area contributed by atoms with E-state index in [1.54, 1.807) is 6.07 Å². The molecule has 0 aliphatic heterocycles. The fourth-order valence-electron chi connectivity index (χ4n) is 4.54. The van der Waals surface area contributed by atoms with Gasteiger partial charge in [-0.2, -0.15) is 0 Å². The Morgan fingerprint density at radius 1 is 1.00 bits per heavy atom.